The monoisotopic (exact) mass is 269 g/mol. The van der Waals surface area contributed by atoms with E-state index >= 15 is 0 Å². The van der Waals surface area contributed by atoms with Crippen LogP contribution in [0.2, 0.25) is 0 Å². The lowest BCUT2D eigenvalue weighted by atomic mass is 10.1. The molecule has 0 radical (unpaired) electrons. The second-order valence-electron chi connectivity index (χ2n) is 5.24. The third kappa shape index (κ3) is 3.84. The molecule has 1 unspecified atom stereocenters. The van der Waals surface area contributed by atoms with Gasteiger partial charge in [-0.15, -0.1) is 11.6 Å². The average molecular weight is 270 g/mol. The molecular weight excluding hydrogens is 246 g/mol. The Labute approximate surface area is 116 Å². The number of aromatic nitrogens is 2. The summed E-state index contributed by atoms with van der Waals surface area (Å²) < 4.78 is 0. The van der Waals surface area contributed by atoms with Gasteiger partial charge in [0.15, 0.2) is 0 Å². The predicted molar refractivity (Wildman–Crippen MR) is 78.4 cm³/mol. The van der Waals surface area contributed by atoms with Gasteiger partial charge in [0, 0.05) is 19.5 Å². The van der Waals surface area contributed by atoms with E-state index in [1.54, 1.807) is 0 Å². The van der Waals surface area contributed by atoms with Crippen molar-refractivity contribution in [3.05, 3.63) is 17.7 Å². The van der Waals surface area contributed by atoms with Gasteiger partial charge in [-0.3, -0.25) is 0 Å². The van der Waals surface area contributed by atoms with Gasteiger partial charge in [-0.2, -0.15) is 0 Å². The number of hydrogen-bond acceptors (Lipinski definition) is 3. The zero-order valence-corrected chi connectivity index (χ0v) is 12.8. The summed E-state index contributed by atoms with van der Waals surface area (Å²) in [6.45, 7) is 9.65. The molecule has 1 atom stereocenters. The third-order valence-electron chi connectivity index (χ3n) is 3.20. The van der Waals surface area contributed by atoms with Crippen LogP contribution < -0.4 is 4.90 Å². The molecule has 102 valence electrons. The van der Waals surface area contributed by atoms with E-state index in [4.69, 9.17) is 11.6 Å². The summed E-state index contributed by atoms with van der Waals surface area (Å²) in [5, 5.41) is 0. The molecular formula is C14H24ClN3. The Morgan fingerprint density at radius 2 is 2.00 bits per heavy atom. The van der Waals surface area contributed by atoms with Gasteiger partial charge in [-0.1, -0.05) is 34.1 Å². The molecule has 0 aliphatic heterocycles. The molecule has 1 heterocycles. The van der Waals surface area contributed by atoms with Crippen LogP contribution in [-0.2, 0) is 5.88 Å². The summed E-state index contributed by atoms with van der Waals surface area (Å²) >= 11 is 6.01. The maximum Gasteiger partial charge on any atom is 0.131 e. The smallest absolute Gasteiger partial charge is 0.131 e. The molecule has 3 nitrogen and oxygen atoms in total. The quantitative estimate of drug-likeness (QED) is 0.735. The Hall–Kier alpha value is -0.830. The van der Waals surface area contributed by atoms with Gasteiger partial charge in [-0.05, 0) is 5.92 Å². The number of rotatable bonds is 6. The van der Waals surface area contributed by atoms with Crippen LogP contribution in [0.3, 0.4) is 0 Å². The van der Waals surface area contributed by atoms with Crippen LogP contribution in [0.25, 0.3) is 0 Å². The van der Waals surface area contributed by atoms with Crippen LogP contribution in [0.4, 0.5) is 5.69 Å². The Morgan fingerprint density at radius 3 is 2.50 bits per heavy atom. The molecule has 0 saturated carbocycles. The molecule has 0 amide bonds. The van der Waals surface area contributed by atoms with E-state index in [0.717, 1.165) is 23.8 Å². The third-order valence-corrected chi connectivity index (χ3v) is 3.45. The summed E-state index contributed by atoms with van der Waals surface area (Å²) in [5.41, 5.74) is 1.98. The van der Waals surface area contributed by atoms with Gasteiger partial charge in [0.1, 0.15) is 5.82 Å². The zero-order valence-electron chi connectivity index (χ0n) is 12.1. The van der Waals surface area contributed by atoms with Gasteiger partial charge in [0.2, 0.25) is 0 Å². The molecule has 18 heavy (non-hydrogen) atoms. The molecule has 0 fully saturated rings. The van der Waals surface area contributed by atoms with Crippen LogP contribution in [0.1, 0.15) is 51.6 Å². The number of nitrogens with zero attached hydrogens (tertiary/aromatic N) is 3. The van der Waals surface area contributed by atoms with Gasteiger partial charge >= 0.3 is 0 Å². The van der Waals surface area contributed by atoms with Crippen molar-refractivity contribution in [1.82, 2.24) is 9.97 Å². The highest BCUT2D eigenvalue weighted by Gasteiger charge is 2.13. The van der Waals surface area contributed by atoms with Crippen molar-refractivity contribution in [2.24, 2.45) is 5.92 Å². The number of anilines is 1. The van der Waals surface area contributed by atoms with E-state index in [1.165, 1.54) is 6.42 Å². The normalized spacial score (nSPS) is 12.8. The first-order valence-corrected chi connectivity index (χ1v) is 7.15. The number of halogens is 1. The zero-order chi connectivity index (χ0) is 13.7. The second kappa shape index (κ2) is 6.93. The summed E-state index contributed by atoms with van der Waals surface area (Å²) in [6, 6.07) is 0. The Balaban J connectivity index is 2.94. The highest BCUT2D eigenvalue weighted by atomic mass is 35.5. The highest BCUT2D eigenvalue weighted by Crippen LogP contribution is 2.22. The molecule has 0 saturated heterocycles. The molecule has 0 aromatic carbocycles. The Kier molecular flexibility index (Phi) is 5.86. The number of alkyl halides is 1. The van der Waals surface area contributed by atoms with Crippen molar-refractivity contribution in [2.45, 2.75) is 45.9 Å². The van der Waals surface area contributed by atoms with Crippen molar-refractivity contribution in [1.29, 1.82) is 0 Å². The lowest BCUT2D eigenvalue weighted by Gasteiger charge is -2.24. The minimum atomic E-state index is 0.334. The van der Waals surface area contributed by atoms with Gasteiger partial charge in [-0.25, -0.2) is 9.97 Å². The van der Waals surface area contributed by atoms with Crippen molar-refractivity contribution in [3.8, 4) is 0 Å². The topological polar surface area (TPSA) is 29.0 Å². The van der Waals surface area contributed by atoms with E-state index < -0.39 is 0 Å². The van der Waals surface area contributed by atoms with E-state index in [0.29, 0.717) is 17.7 Å². The fourth-order valence-electron chi connectivity index (χ4n) is 1.82. The summed E-state index contributed by atoms with van der Waals surface area (Å²) in [6.07, 6.45) is 3.08. The van der Waals surface area contributed by atoms with Crippen molar-refractivity contribution < 1.29 is 0 Å². The van der Waals surface area contributed by atoms with Gasteiger partial charge in [0.05, 0.1) is 23.5 Å². The van der Waals surface area contributed by atoms with E-state index in [9.17, 15) is 0 Å². The van der Waals surface area contributed by atoms with Gasteiger partial charge in [0.25, 0.3) is 0 Å². The molecule has 1 aromatic rings. The largest absolute Gasteiger partial charge is 0.372 e. The van der Waals surface area contributed by atoms with Crippen LogP contribution in [0, 0.1) is 5.92 Å². The fourth-order valence-corrected chi connectivity index (χ4v) is 2.01. The van der Waals surface area contributed by atoms with Crippen molar-refractivity contribution in [3.63, 3.8) is 0 Å². The van der Waals surface area contributed by atoms with Crippen LogP contribution in [0.15, 0.2) is 6.20 Å². The summed E-state index contributed by atoms with van der Waals surface area (Å²) in [5.74, 6) is 2.29. The SMILES string of the molecule is CCC(C)CN(C)c1cnc(C(C)C)nc1CCl. The van der Waals surface area contributed by atoms with E-state index in [1.807, 2.05) is 6.20 Å². The average Bonchev–Trinajstić information content (AvgIpc) is 2.37. The predicted octanol–water partition coefficient (Wildman–Crippen LogP) is 3.82. The van der Waals surface area contributed by atoms with E-state index in [-0.39, 0.29) is 0 Å². The fraction of sp³-hybridized carbons (Fsp3) is 0.714. The Morgan fingerprint density at radius 1 is 1.33 bits per heavy atom. The van der Waals surface area contributed by atoms with E-state index in [2.05, 4.69) is 49.6 Å². The Bertz CT molecular complexity index is 379. The van der Waals surface area contributed by atoms with Gasteiger partial charge < -0.3 is 4.90 Å². The lowest BCUT2D eigenvalue weighted by molar-refractivity contribution is 0.558. The number of hydrogen-bond donors (Lipinski definition) is 0. The first kappa shape index (κ1) is 15.2. The molecule has 1 aromatic heterocycles. The molecule has 0 aliphatic rings. The second-order valence-corrected chi connectivity index (χ2v) is 5.51. The molecule has 0 N–H and O–H groups in total. The molecule has 0 aliphatic carbocycles. The minimum absolute atomic E-state index is 0.334. The van der Waals surface area contributed by atoms with Crippen LogP contribution in [0.5, 0.6) is 0 Å². The molecule has 1 rings (SSSR count). The summed E-state index contributed by atoms with van der Waals surface area (Å²) in [4.78, 5) is 11.2. The molecule has 4 heteroatoms. The lowest BCUT2D eigenvalue weighted by Crippen LogP contribution is -2.25. The van der Waals surface area contributed by atoms with Crippen molar-refractivity contribution >= 4 is 17.3 Å². The van der Waals surface area contributed by atoms with Crippen LogP contribution >= 0.6 is 11.6 Å². The highest BCUT2D eigenvalue weighted by molar-refractivity contribution is 6.17. The standard InChI is InChI=1S/C14H24ClN3/c1-6-11(4)9-18(5)13-8-16-14(10(2)3)17-12(13)7-15/h8,10-11H,6-7,9H2,1-5H3. The maximum atomic E-state index is 6.01. The first-order valence-electron chi connectivity index (χ1n) is 6.62. The molecule has 0 bridgehead atoms. The van der Waals surface area contributed by atoms with Crippen molar-refractivity contribution in [2.75, 3.05) is 18.5 Å². The first-order chi connectivity index (χ1) is 8.49. The minimum Gasteiger partial charge on any atom is -0.372 e. The van der Waals surface area contributed by atoms with Crippen LogP contribution in [-0.4, -0.2) is 23.6 Å². The molecule has 0 spiro atoms. The maximum absolute atomic E-state index is 6.01. The summed E-state index contributed by atoms with van der Waals surface area (Å²) in [7, 11) is 2.08.